The van der Waals surface area contributed by atoms with Crippen molar-refractivity contribution in [1.29, 1.82) is 0 Å². The van der Waals surface area contributed by atoms with Crippen molar-refractivity contribution in [3.8, 4) is 0 Å². The quantitative estimate of drug-likeness (QED) is 0.804. The van der Waals surface area contributed by atoms with Crippen LogP contribution >= 0.6 is 11.3 Å². The summed E-state index contributed by atoms with van der Waals surface area (Å²) in [7, 11) is 0. The van der Waals surface area contributed by atoms with E-state index in [0.717, 1.165) is 16.3 Å². The summed E-state index contributed by atoms with van der Waals surface area (Å²) in [6, 6.07) is 15.2. The monoisotopic (exact) mass is 309 g/mol. The molecule has 0 saturated carbocycles. The number of pyridine rings is 1. The lowest BCUT2D eigenvalue weighted by Gasteiger charge is -2.18. The van der Waals surface area contributed by atoms with Crippen LogP contribution < -0.4 is 5.32 Å². The zero-order valence-corrected chi connectivity index (χ0v) is 12.9. The van der Waals surface area contributed by atoms with Gasteiger partial charge in [0.1, 0.15) is 5.69 Å². The fourth-order valence-corrected chi connectivity index (χ4v) is 2.79. The standard InChI is InChI=1S/C17H15N3OS/c1-12-19-15(11-22-12)17(21)20-16(13-7-3-2-4-8-13)14-9-5-6-10-18-14/h2-11,16H,1H3,(H,20,21)/t16-/m0/s1. The first-order valence-corrected chi connectivity index (χ1v) is 7.81. The lowest BCUT2D eigenvalue weighted by molar-refractivity contribution is 0.0938. The number of amides is 1. The highest BCUT2D eigenvalue weighted by molar-refractivity contribution is 7.09. The number of nitrogens with zero attached hydrogens (tertiary/aromatic N) is 2. The fraction of sp³-hybridized carbons (Fsp3) is 0.118. The van der Waals surface area contributed by atoms with Crippen LogP contribution in [0, 0.1) is 6.92 Å². The van der Waals surface area contributed by atoms with Crippen LogP contribution in [0.15, 0.2) is 60.1 Å². The van der Waals surface area contributed by atoms with Crippen LogP contribution in [0.2, 0.25) is 0 Å². The Morgan fingerprint density at radius 2 is 1.91 bits per heavy atom. The molecule has 1 aromatic carbocycles. The van der Waals surface area contributed by atoms with E-state index in [2.05, 4.69) is 15.3 Å². The van der Waals surface area contributed by atoms with Gasteiger partial charge in [-0.25, -0.2) is 4.98 Å². The van der Waals surface area contributed by atoms with Gasteiger partial charge >= 0.3 is 0 Å². The molecule has 0 aliphatic carbocycles. The highest BCUT2D eigenvalue weighted by atomic mass is 32.1. The van der Waals surface area contributed by atoms with Crippen molar-refractivity contribution >= 4 is 17.2 Å². The van der Waals surface area contributed by atoms with E-state index in [9.17, 15) is 4.79 Å². The number of aryl methyl sites for hydroxylation is 1. The van der Waals surface area contributed by atoms with E-state index in [-0.39, 0.29) is 11.9 Å². The minimum atomic E-state index is -0.295. The summed E-state index contributed by atoms with van der Waals surface area (Å²) < 4.78 is 0. The third-order valence-corrected chi connectivity index (χ3v) is 4.02. The van der Waals surface area contributed by atoms with Gasteiger partial charge in [-0.2, -0.15) is 0 Å². The van der Waals surface area contributed by atoms with Gasteiger partial charge in [0.15, 0.2) is 0 Å². The van der Waals surface area contributed by atoms with Crippen LogP contribution in [0.1, 0.15) is 32.8 Å². The largest absolute Gasteiger partial charge is 0.338 e. The van der Waals surface area contributed by atoms with E-state index in [1.807, 2.05) is 55.5 Å². The topological polar surface area (TPSA) is 54.9 Å². The average molecular weight is 309 g/mol. The van der Waals surface area contributed by atoms with Gasteiger partial charge in [0.05, 0.1) is 16.7 Å². The van der Waals surface area contributed by atoms with Gasteiger partial charge < -0.3 is 5.32 Å². The van der Waals surface area contributed by atoms with Gasteiger partial charge in [-0.1, -0.05) is 36.4 Å². The Morgan fingerprint density at radius 3 is 2.55 bits per heavy atom. The molecule has 110 valence electrons. The maximum absolute atomic E-state index is 12.4. The molecule has 0 bridgehead atoms. The van der Waals surface area contributed by atoms with Crippen molar-refractivity contribution < 1.29 is 4.79 Å². The van der Waals surface area contributed by atoms with Gasteiger partial charge in [-0.05, 0) is 24.6 Å². The molecular weight excluding hydrogens is 294 g/mol. The lowest BCUT2D eigenvalue weighted by Crippen LogP contribution is -2.30. The fourth-order valence-electron chi connectivity index (χ4n) is 2.19. The van der Waals surface area contributed by atoms with E-state index in [0.29, 0.717) is 5.69 Å². The second-order valence-corrected chi connectivity index (χ2v) is 5.89. The van der Waals surface area contributed by atoms with E-state index >= 15 is 0 Å². The highest BCUT2D eigenvalue weighted by Gasteiger charge is 2.19. The van der Waals surface area contributed by atoms with Gasteiger partial charge in [0, 0.05) is 11.6 Å². The molecule has 0 fully saturated rings. The Hall–Kier alpha value is -2.53. The summed E-state index contributed by atoms with van der Waals surface area (Å²) in [5, 5.41) is 5.67. The molecular formula is C17H15N3OS. The molecule has 0 unspecified atom stereocenters. The van der Waals surface area contributed by atoms with Crippen molar-refractivity contribution in [3.63, 3.8) is 0 Å². The van der Waals surface area contributed by atoms with Gasteiger partial charge in [0.25, 0.3) is 5.91 Å². The van der Waals surface area contributed by atoms with E-state index in [1.165, 1.54) is 11.3 Å². The summed E-state index contributed by atoms with van der Waals surface area (Å²) in [5.74, 6) is -0.191. The predicted molar refractivity (Wildman–Crippen MR) is 86.8 cm³/mol. The first kappa shape index (κ1) is 14.4. The summed E-state index contributed by atoms with van der Waals surface area (Å²) in [5.41, 5.74) is 2.23. The number of nitrogens with one attached hydrogen (secondary N) is 1. The smallest absolute Gasteiger partial charge is 0.271 e. The molecule has 5 heteroatoms. The van der Waals surface area contributed by atoms with Gasteiger partial charge in [-0.15, -0.1) is 11.3 Å². The van der Waals surface area contributed by atoms with Crippen LogP contribution in [-0.2, 0) is 0 Å². The summed E-state index contributed by atoms with van der Waals surface area (Å²) in [6.45, 7) is 1.88. The van der Waals surface area contributed by atoms with Crippen molar-refractivity contribution in [2.45, 2.75) is 13.0 Å². The molecule has 1 N–H and O–H groups in total. The third kappa shape index (κ3) is 3.20. The molecule has 0 aliphatic heterocycles. The molecule has 2 heterocycles. The van der Waals surface area contributed by atoms with Crippen LogP contribution in [0.5, 0.6) is 0 Å². The number of carbonyl (C=O) groups is 1. The highest BCUT2D eigenvalue weighted by Crippen LogP contribution is 2.20. The zero-order chi connectivity index (χ0) is 15.4. The number of aromatic nitrogens is 2. The van der Waals surface area contributed by atoms with Crippen LogP contribution in [0.4, 0.5) is 0 Å². The summed E-state index contributed by atoms with van der Waals surface area (Å²) >= 11 is 1.46. The molecule has 3 rings (SSSR count). The molecule has 2 aromatic heterocycles. The van der Waals surface area contributed by atoms with Gasteiger partial charge in [-0.3, -0.25) is 9.78 Å². The lowest BCUT2D eigenvalue weighted by atomic mass is 10.0. The van der Waals surface area contributed by atoms with Crippen molar-refractivity contribution in [2.75, 3.05) is 0 Å². The molecule has 1 amide bonds. The zero-order valence-electron chi connectivity index (χ0n) is 12.1. The van der Waals surface area contributed by atoms with Crippen molar-refractivity contribution in [2.24, 2.45) is 0 Å². The molecule has 0 radical (unpaired) electrons. The number of benzene rings is 1. The maximum Gasteiger partial charge on any atom is 0.271 e. The second kappa shape index (κ2) is 6.49. The number of rotatable bonds is 4. The summed E-state index contributed by atoms with van der Waals surface area (Å²) in [4.78, 5) is 21.0. The normalized spacial score (nSPS) is 11.9. The molecule has 1 atom stereocenters. The minimum absolute atomic E-state index is 0.191. The Morgan fingerprint density at radius 1 is 1.14 bits per heavy atom. The Bertz CT molecular complexity index is 716. The Labute approximate surface area is 132 Å². The Kier molecular flexibility index (Phi) is 4.25. The van der Waals surface area contributed by atoms with Crippen molar-refractivity contribution in [3.05, 3.63) is 82.1 Å². The molecule has 0 aliphatic rings. The minimum Gasteiger partial charge on any atom is -0.338 e. The van der Waals surface area contributed by atoms with E-state index < -0.39 is 0 Å². The van der Waals surface area contributed by atoms with E-state index in [1.54, 1.807) is 11.6 Å². The predicted octanol–water partition coefficient (Wildman–Crippen LogP) is 3.37. The number of hydrogen-bond acceptors (Lipinski definition) is 4. The van der Waals surface area contributed by atoms with Gasteiger partial charge in [0.2, 0.25) is 0 Å². The van der Waals surface area contributed by atoms with Crippen LogP contribution in [-0.4, -0.2) is 15.9 Å². The number of thiazole rings is 1. The third-order valence-electron chi connectivity index (χ3n) is 3.24. The maximum atomic E-state index is 12.4. The second-order valence-electron chi connectivity index (χ2n) is 4.82. The van der Waals surface area contributed by atoms with E-state index in [4.69, 9.17) is 0 Å². The van der Waals surface area contributed by atoms with Crippen LogP contribution in [0.3, 0.4) is 0 Å². The molecule has 3 aromatic rings. The number of carbonyl (C=O) groups excluding carboxylic acids is 1. The average Bonchev–Trinajstić information content (AvgIpc) is 3.01. The van der Waals surface area contributed by atoms with Crippen molar-refractivity contribution in [1.82, 2.24) is 15.3 Å². The summed E-state index contributed by atoms with van der Waals surface area (Å²) in [6.07, 6.45) is 1.73. The first-order valence-electron chi connectivity index (χ1n) is 6.93. The SMILES string of the molecule is Cc1nc(C(=O)N[C@@H](c2ccccc2)c2ccccn2)cs1. The first-order chi connectivity index (χ1) is 10.7. The molecule has 0 spiro atoms. The molecule has 0 saturated heterocycles. The number of hydrogen-bond donors (Lipinski definition) is 1. The molecule has 4 nitrogen and oxygen atoms in total. The van der Waals surface area contributed by atoms with Crippen LogP contribution in [0.25, 0.3) is 0 Å². The molecule has 22 heavy (non-hydrogen) atoms. The Balaban J connectivity index is 1.91.